The van der Waals surface area contributed by atoms with Crippen LogP contribution >= 0.6 is 23.8 Å². The van der Waals surface area contributed by atoms with Gasteiger partial charge in [-0.25, -0.2) is 0 Å². The van der Waals surface area contributed by atoms with Gasteiger partial charge >= 0.3 is 0 Å². The van der Waals surface area contributed by atoms with E-state index >= 15 is 0 Å². The molecule has 2 N–H and O–H groups in total. The van der Waals surface area contributed by atoms with Gasteiger partial charge in [0.1, 0.15) is 0 Å². The molecule has 0 radical (unpaired) electrons. The number of nitrogens with zero attached hydrogens (tertiary/aromatic N) is 3. The van der Waals surface area contributed by atoms with E-state index in [-0.39, 0.29) is 23.9 Å². The fourth-order valence-corrected chi connectivity index (χ4v) is 5.82. The normalized spacial score (nSPS) is 17.0. The molecule has 1 aliphatic rings. The maximum Gasteiger partial charge on any atom is 0.226 e. The van der Waals surface area contributed by atoms with Crippen LogP contribution in [0.4, 0.5) is 11.4 Å². The Morgan fingerprint density at radius 3 is 2.46 bits per heavy atom. The van der Waals surface area contributed by atoms with E-state index in [0.29, 0.717) is 15.8 Å². The quantitative estimate of drug-likeness (QED) is 0.245. The van der Waals surface area contributed by atoms with E-state index in [9.17, 15) is 4.79 Å². The van der Waals surface area contributed by atoms with Gasteiger partial charge in [-0.1, -0.05) is 49.7 Å². The number of para-hydroxylation sites is 1. The first-order valence-electron chi connectivity index (χ1n) is 13.0. The number of halogens is 1. The van der Waals surface area contributed by atoms with E-state index in [1.807, 2.05) is 50.2 Å². The van der Waals surface area contributed by atoms with Gasteiger partial charge in [0.15, 0.2) is 5.11 Å². The fraction of sp³-hybridized carbons (Fsp3) is 0.258. The molecule has 2 aromatic carbocycles. The highest BCUT2D eigenvalue weighted by molar-refractivity contribution is 7.80. The first kappa shape index (κ1) is 26.9. The second kappa shape index (κ2) is 10.8. The van der Waals surface area contributed by atoms with Crippen LogP contribution in [0.3, 0.4) is 0 Å². The van der Waals surface area contributed by atoms with Gasteiger partial charge in [0.2, 0.25) is 5.91 Å². The van der Waals surface area contributed by atoms with Gasteiger partial charge < -0.3 is 20.1 Å². The third-order valence-corrected chi connectivity index (χ3v) is 7.88. The molecule has 0 unspecified atom stereocenters. The summed E-state index contributed by atoms with van der Waals surface area (Å²) in [4.78, 5) is 19.1. The highest BCUT2D eigenvalue weighted by Gasteiger charge is 2.42. The van der Waals surface area contributed by atoms with E-state index in [0.717, 1.165) is 34.0 Å². The van der Waals surface area contributed by atoms with Gasteiger partial charge in [0.25, 0.3) is 0 Å². The van der Waals surface area contributed by atoms with Crippen molar-refractivity contribution in [2.75, 3.05) is 10.2 Å². The SMILES string of the molecule is Cc1ccccc1-n1c(C)cc([C@H]2[C@@H](c3ccccn3)NC(=S)N2c2ccc(NC(=O)C(C)C)c(Cl)c2)c1C. The predicted molar refractivity (Wildman–Crippen MR) is 163 cm³/mol. The van der Waals surface area contributed by atoms with Crippen LogP contribution in [0.1, 0.15) is 54.1 Å². The molecule has 6 nitrogen and oxygen atoms in total. The Balaban J connectivity index is 1.63. The lowest BCUT2D eigenvalue weighted by Gasteiger charge is -2.28. The number of amides is 1. The van der Waals surface area contributed by atoms with Crippen molar-refractivity contribution in [3.63, 3.8) is 0 Å². The Labute approximate surface area is 240 Å². The van der Waals surface area contributed by atoms with Crippen molar-refractivity contribution in [3.8, 4) is 5.69 Å². The molecular formula is C31H32ClN5OS. The van der Waals surface area contributed by atoms with Crippen LogP contribution < -0.4 is 15.5 Å². The average molecular weight is 558 g/mol. The van der Waals surface area contributed by atoms with Crippen molar-refractivity contribution >= 4 is 46.2 Å². The number of carbonyl (C=O) groups excluding carboxylic acids is 1. The third kappa shape index (κ3) is 5.04. The first-order valence-corrected chi connectivity index (χ1v) is 13.8. The molecule has 200 valence electrons. The molecule has 1 fully saturated rings. The lowest BCUT2D eigenvalue weighted by molar-refractivity contribution is -0.118. The summed E-state index contributed by atoms with van der Waals surface area (Å²) in [6.45, 7) is 10.1. The Kier molecular flexibility index (Phi) is 7.47. The van der Waals surface area contributed by atoms with Crippen LogP contribution in [0.15, 0.2) is 72.9 Å². The van der Waals surface area contributed by atoms with Crippen LogP contribution in [0.5, 0.6) is 0 Å². The molecule has 39 heavy (non-hydrogen) atoms. The summed E-state index contributed by atoms with van der Waals surface area (Å²) in [5, 5.41) is 7.48. The number of aromatic nitrogens is 2. The maximum atomic E-state index is 12.3. The van der Waals surface area contributed by atoms with E-state index in [2.05, 4.69) is 76.2 Å². The number of hydrogen-bond donors (Lipinski definition) is 2. The number of pyridine rings is 1. The summed E-state index contributed by atoms with van der Waals surface area (Å²) in [5.74, 6) is -0.233. The molecule has 2 aromatic heterocycles. The molecule has 1 aliphatic heterocycles. The molecule has 3 heterocycles. The number of rotatable bonds is 6. The van der Waals surface area contributed by atoms with Crippen molar-refractivity contribution in [1.82, 2.24) is 14.9 Å². The van der Waals surface area contributed by atoms with E-state index in [1.54, 1.807) is 6.20 Å². The Morgan fingerprint density at radius 2 is 1.79 bits per heavy atom. The van der Waals surface area contributed by atoms with Crippen molar-refractivity contribution in [2.24, 2.45) is 5.92 Å². The molecule has 0 bridgehead atoms. The molecule has 1 amide bonds. The lowest BCUT2D eigenvalue weighted by Crippen LogP contribution is -2.29. The predicted octanol–water partition coefficient (Wildman–Crippen LogP) is 7.22. The van der Waals surface area contributed by atoms with Gasteiger partial charge in [-0.2, -0.15) is 0 Å². The number of nitrogens with one attached hydrogen (secondary N) is 2. The summed E-state index contributed by atoms with van der Waals surface area (Å²) in [6, 6.07) is 21.9. The Morgan fingerprint density at radius 1 is 1.05 bits per heavy atom. The molecule has 2 atom stereocenters. The molecule has 5 rings (SSSR count). The highest BCUT2D eigenvalue weighted by atomic mass is 35.5. The van der Waals surface area contributed by atoms with Gasteiger partial charge in [0.05, 0.1) is 28.5 Å². The number of carbonyl (C=O) groups is 1. The van der Waals surface area contributed by atoms with Gasteiger partial charge in [0, 0.05) is 34.9 Å². The van der Waals surface area contributed by atoms with Gasteiger partial charge in [-0.05, 0) is 86.6 Å². The zero-order valence-electron chi connectivity index (χ0n) is 22.7. The van der Waals surface area contributed by atoms with Crippen LogP contribution in [0.2, 0.25) is 5.02 Å². The number of thiocarbonyl (C=S) groups is 1. The summed E-state index contributed by atoms with van der Waals surface area (Å²) >= 11 is 12.6. The van der Waals surface area contributed by atoms with Crippen LogP contribution in [-0.4, -0.2) is 20.6 Å². The molecule has 1 saturated heterocycles. The van der Waals surface area contributed by atoms with Crippen molar-refractivity contribution in [3.05, 3.63) is 106 Å². The van der Waals surface area contributed by atoms with E-state index in [1.165, 1.54) is 5.56 Å². The first-order chi connectivity index (χ1) is 18.7. The maximum absolute atomic E-state index is 12.3. The minimum atomic E-state index is -0.177. The summed E-state index contributed by atoms with van der Waals surface area (Å²) in [6.07, 6.45) is 1.81. The average Bonchev–Trinajstić information content (AvgIpc) is 3.41. The molecule has 0 saturated carbocycles. The second-order valence-corrected chi connectivity index (χ2v) is 11.0. The van der Waals surface area contributed by atoms with Gasteiger partial charge in [-0.3, -0.25) is 9.78 Å². The summed E-state index contributed by atoms with van der Waals surface area (Å²) in [7, 11) is 0. The third-order valence-electron chi connectivity index (χ3n) is 7.26. The van der Waals surface area contributed by atoms with Crippen molar-refractivity contribution in [1.29, 1.82) is 0 Å². The molecule has 8 heteroatoms. The van der Waals surface area contributed by atoms with Crippen LogP contribution in [0, 0.1) is 26.7 Å². The number of hydrogen-bond acceptors (Lipinski definition) is 3. The van der Waals surface area contributed by atoms with Gasteiger partial charge in [-0.15, -0.1) is 0 Å². The monoisotopic (exact) mass is 557 g/mol. The lowest BCUT2D eigenvalue weighted by atomic mass is 9.96. The smallest absolute Gasteiger partial charge is 0.226 e. The summed E-state index contributed by atoms with van der Waals surface area (Å²) < 4.78 is 2.30. The molecule has 0 aliphatic carbocycles. The number of aryl methyl sites for hydroxylation is 2. The zero-order chi connectivity index (χ0) is 27.8. The number of anilines is 2. The Bertz CT molecular complexity index is 1550. The largest absolute Gasteiger partial charge is 0.351 e. The van der Waals surface area contributed by atoms with Crippen LogP contribution in [-0.2, 0) is 4.79 Å². The standard InChI is InChI=1S/C31H32ClN5OS/c1-18(2)30(38)34-25-14-13-22(17-24(25)32)37-29(28(35-31(37)39)26-11-8-9-15-33-26)23-16-20(4)36(21(23)5)27-12-7-6-10-19(27)3/h6-18,28-29H,1-5H3,(H,34,38)(H,35,39)/t28-,29+/m1/s1. The Hall–Kier alpha value is -3.68. The van der Waals surface area contributed by atoms with E-state index in [4.69, 9.17) is 23.8 Å². The fourth-order valence-electron chi connectivity index (χ4n) is 5.25. The topological polar surface area (TPSA) is 62.2 Å². The second-order valence-electron chi connectivity index (χ2n) is 10.3. The van der Waals surface area contributed by atoms with Crippen molar-refractivity contribution < 1.29 is 4.79 Å². The highest BCUT2D eigenvalue weighted by Crippen LogP contribution is 2.44. The zero-order valence-corrected chi connectivity index (χ0v) is 24.3. The minimum absolute atomic E-state index is 0.0836. The molecule has 4 aromatic rings. The number of benzene rings is 2. The summed E-state index contributed by atoms with van der Waals surface area (Å²) in [5.41, 5.74) is 8.09. The van der Waals surface area contributed by atoms with Crippen molar-refractivity contribution in [2.45, 2.75) is 46.7 Å². The van der Waals surface area contributed by atoms with E-state index < -0.39 is 0 Å². The minimum Gasteiger partial charge on any atom is -0.351 e. The van der Waals surface area contributed by atoms with Crippen LogP contribution in [0.25, 0.3) is 5.69 Å². The molecular weight excluding hydrogens is 526 g/mol. The molecule has 0 spiro atoms.